The second-order valence-corrected chi connectivity index (χ2v) is 4.72. The fourth-order valence-electron chi connectivity index (χ4n) is 1.61. The van der Waals surface area contributed by atoms with Gasteiger partial charge in [0.2, 0.25) is 0 Å². The van der Waals surface area contributed by atoms with Crippen molar-refractivity contribution in [2.75, 3.05) is 13.7 Å². The van der Waals surface area contributed by atoms with E-state index in [-0.39, 0.29) is 0 Å². The van der Waals surface area contributed by atoms with Crippen LogP contribution in [0.5, 0.6) is 0 Å². The van der Waals surface area contributed by atoms with Crippen LogP contribution >= 0.6 is 11.3 Å². The van der Waals surface area contributed by atoms with Gasteiger partial charge in [-0.3, -0.25) is 0 Å². The van der Waals surface area contributed by atoms with Gasteiger partial charge in [-0.2, -0.15) is 0 Å². The van der Waals surface area contributed by atoms with Gasteiger partial charge in [-0.1, -0.05) is 18.2 Å². The zero-order chi connectivity index (χ0) is 12.1. The lowest BCUT2D eigenvalue weighted by atomic mass is 10.1. The van der Waals surface area contributed by atoms with Gasteiger partial charge in [-0.05, 0) is 11.6 Å². The number of ether oxygens (including phenoxy) is 1. The first-order valence-corrected chi connectivity index (χ1v) is 6.44. The lowest BCUT2D eigenvalue weighted by Crippen LogP contribution is -1.96. The molecule has 0 unspecified atom stereocenters. The Kier molecular flexibility index (Phi) is 4.25. The standard InChI is InChI=1S/C13H16N2OS/c1-16-6-5-13-15-12(9-17-13)11-4-2-3-10(7-11)8-14/h2-4,7,9H,5-6,8,14H2,1H3. The molecule has 0 radical (unpaired) electrons. The highest BCUT2D eigenvalue weighted by Crippen LogP contribution is 2.23. The van der Waals surface area contributed by atoms with E-state index in [2.05, 4.69) is 22.5 Å². The number of methoxy groups -OCH3 is 1. The molecule has 0 saturated heterocycles. The van der Waals surface area contributed by atoms with Crippen molar-refractivity contribution >= 4 is 11.3 Å². The van der Waals surface area contributed by atoms with Crippen molar-refractivity contribution in [2.24, 2.45) is 5.73 Å². The molecule has 0 fully saturated rings. The van der Waals surface area contributed by atoms with Gasteiger partial charge in [0.15, 0.2) is 0 Å². The van der Waals surface area contributed by atoms with Gasteiger partial charge in [0, 0.05) is 31.0 Å². The van der Waals surface area contributed by atoms with E-state index in [9.17, 15) is 0 Å². The predicted molar refractivity (Wildman–Crippen MR) is 71.0 cm³/mol. The van der Waals surface area contributed by atoms with Gasteiger partial charge in [-0.15, -0.1) is 11.3 Å². The summed E-state index contributed by atoms with van der Waals surface area (Å²) >= 11 is 1.68. The number of hydrogen-bond acceptors (Lipinski definition) is 4. The summed E-state index contributed by atoms with van der Waals surface area (Å²) in [7, 11) is 1.71. The third-order valence-electron chi connectivity index (χ3n) is 2.53. The molecule has 0 aliphatic heterocycles. The average molecular weight is 248 g/mol. The van der Waals surface area contributed by atoms with Gasteiger partial charge in [0.05, 0.1) is 17.3 Å². The maximum absolute atomic E-state index is 5.63. The molecule has 0 spiro atoms. The Hall–Kier alpha value is -1.23. The van der Waals surface area contributed by atoms with Crippen molar-refractivity contribution in [3.8, 4) is 11.3 Å². The Morgan fingerprint density at radius 2 is 2.29 bits per heavy atom. The second-order valence-electron chi connectivity index (χ2n) is 3.77. The number of rotatable bonds is 5. The van der Waals surface area contributed by atoms with Crippen molar-refractivity contribution in [3.63, 3.8) is 0 Å². The molecule has 17 heavy (non-hydrogen) atoms. The molecule has 0 saturated carbocycles. The minimum absolute atomic E-state index is 0.564. The molecule has 3 nitrogen and oxygen atoms in total. The van der Waals surface area contributed by atoms with E-state index < -0.39 is 0 Å². The molecule has 90 valence electrons. The molecule has 1 aromatic heterocycles. The minimum atomic E-state index is 0.564. The van der Waals surface area contributed by atoms with Gasteiger partial charge in [0.1, 0.15) is 0 Å². The molecular formula is C13H16N2OS. The van der Waals surface area contributed by atoms with Crippen LogP contribution in [0.3, 0.4) is 0 Å². The first-order chi connectivity index (χ1) is 8.33. The van der Waals surface area contributed by atoms with E-state index in [1.54, 1.807) is 18.4 Å². The summed E-state index contributed by atoms with van der Waals surface area (Å²) in [6.07, 6.45) is 0.873. The van der Waals surface area contributed by atoms with E-state index >= 15 is 0 Å². The molecule has 4 heteroatoms. The zero-order valence-corrected chi connectivity index (χ0v) is 10.7. The molecule has 0 aliphatic carbocycles. The van der Waals surface area contributed by atoms with Crippen LogP contribution in [0, 0.1) is 0 Å². The highest BCUT2D eigenvalue weighted by atomic mass is 32.1. The van der Waals surface area contributed by atoms with Gasteiger partial charge < -0.3 is 10.5 Å². The summed E-state index contributed by atoms with van der Waals surface area (Å²) in [5.41, 5.74) is 8.92. The summed E-state index contributed by atoms with van der Waals surface area (Å²) in [5, 5.41) is 3.20. The highest BCUT2D eigenvalue weighted by Gasteiger charge is 2.04. The van der Waals surface area contributed by atoms with E-state index in [4.69, 9.17) is 10.5 Å². The molecule has 1 aromatic carbocycles. The van der Waals surface area contributed by atoms with Gasteiger partial charge >= 0.3 is 0 Å². The number of nitrogens with two attached hydrogens (primary N) is 1. The van der Waals surface area contributed by atoms with Crippen molar-refractivity contribution in [1.29, 1.82) is 0 Å². The fraction of sp³-hybridized carbons (Fsp3) is 0.308. The Bertz CT molecular complexity index is 482. The van der Waals surface area contributed by atoms with Crippen LogP contribution in [0.4, 0.5) is 0 Å². The van der Waals surface area contributed by atoms with Crippen LogP contribution in [0.15, 0.2) is 29.6 Å². The van der Waals surface area contributed by atoms with Crippen LogP contribution in [-0.2, 0) is 17.7 Å². The Balaban J connectivity index is 2.18. The summed E-state index contributed by atoms with van der Waals surface area (Å²) in [4.78, 5) is 4.59. The van der Waals surface area contributed by atoms with Crippen molar-refractivity contribution in [2.45, 2.75) is 13.0 Å². The molecular weight excluding hydrogens is 232 g/mol. The number of benzene rings is 1. The summed E-state index contributed by atoms with van der Waals surface area (Å²) in [5.74, 6) is 0. The normalized spacial score (nSPS) is 10.7. The van der Waals surface area contributed by atoms with E-state index in [0.29, 0.717) is 6.54 Å². The Morgan fingerprint density at radius 3 is 3.06 bits per heavy atom. The maximum Gasteiger partial charge on any atom is 0.0955 e. The number of nitrogens with zero attached hydrogens (tertiary/aromatic N) is 1. The Labute approximate surface area is 105 Å². The van der Waals surface area contributed by atoms with Crippen LogP contribution in [0.1, 0.15) is 10.6 Å². The third-order valence-corrected chi connectivity index (χ3v) is 3.44. The predicted octanol–water partition coefficient (Wildman–Crippen LogP) is 2.46. The number of thiazole rings is 1. The average Bonchev–Trinajstić information content (AvgIpc) is 2.85. The van der Waals surface area contributed by atoms with E-state index in [1.165, 1.54) is 0 Å². The highest BCUT2D eigenvalue weighted by molar-refractivity contribution is 7.09. The number of aromatic nitrogens is 1. The quantitative estimate of drug-likeness (QED) is 0.884. The molecule has 0 atom stereocenters. The van der Waals surface area contributed by atoms with E-state index in [0.717, 1.165) is 34.9 Å². The van der Waals surface area contributed by atoms with Crippen molar-refractivity contribution < 1.29 is 4.74 Å². The molecule has 0 bridgehead atoms. The first kappa shape index (κ1) is 12.2. The topological polar surface area (TPSA) is 48.1 Å². The van der Waals surface area contributed by atoms with Crippen LogP contribution < -0.4 is 5.73 Å². The van der Waals surface area contributed by atoms with Gasteiger partial charge in [0.25, 0.3) is 0 Å². The smallest absolute Gasteiger partial charge is 0.0955 e. The lowest BCUT2D eigenvalue weighted by molar-refractivity contribution is 0.202. The fourth-order valence-corrected chi connectivity index (χ4v) is 2.39. The molecule has 1 heterocycles. The minimum Gasteiger partial charge on any atom is -0.384 e. The second kappa shape index (κ2) is 5.91. The van der Waals surface area contributed by atoms with E-state index in [1.807, 2.05) is 12.1 Å². The van der Waals surface area contributed by atoms with Crippen LogP contribution in [0.25, 0.3) is 11.3 Å². The summed E-state index contributed by atoms with van der Waals surface area (Å²) in [6, 6.07) is 8.21. The molecule has 0 amide bonds. The third kappa shape index (κ3) is 3.12. The van der Waals surface area contributed by atoms with Crippen LogP contribution in [-0.4, -0.2) is 18.7 Å². The molecule has 2 rings (SSSR count). The Morgan fingerprint density at radius 1 is 1.41 bits per heavy atom. The summed E-state index contributed by atoms with van der Waals surface area (Å²) in [6.45, 7) is 1.28. The first-order valence-electron chi connectivity index (χ1n) is 5.56. The molecule has 2 N–H and O–H groups in total. The SMILES string of the molecule is COCCc1nc(-c2cccc(CN)c2)cs1. The lowest BCUT2D eigenvalue weighted by Gasteiger charge is -2.00. The largest absolute Gasteiger partial charge is 0.384 e. The zero-order valence-electron chi connectivity index (χ0n) is 9.85. The van der Waals surface area contributed by atoms with Gasteiger partial charge in [-0.25, -0.2) is 4.98 Å². The van der Waals surface area contributed by atoms with Crippen LogP contribution in [0.2, 0.25) is 0 Å². The number of hydrogen-bond donors (Lipinski definition) is 1. The summed E-state index contributed by atoms with van der Waals surface area (Å²) < 4.78 is 5.05. The molecule has 2 aromatic rings. The maximum atomic E-state index is 5.63. The monoisotopic (exact) mass is 248 g/mol. The van der Waals surface area contributed by atoms with Crippen molar-refractivity contribution in [1.82, 2.24) is 4.98 Å². The van der Waals surface area contributed by atoms with Crippen molar-refractivity contribution in [3.05, 3.63) is 40.2 Å². The molecule has 0 aliphatic rings.